The van der Waals surface area contributed by atoms with Crippen molar-refractivity contribution in [1.82, 2.24) is 10.3 Å². The first-order valence-electron chi connectivity index (χ1n) is 7.91. The third kappa shape index (κ3) is 4.66. The summed E-state index contributed by atoms with van der Waals surface area (Å²) < 4.78 is 0. The first-order chi connectivity index (χ1) is 13.0. The SMILES string of the molecule is O=C(Cc1csc(-c2c(Cl)cccc2Cl)n1)N[C@@H](C(=O)O)c1ccccc1. The molecule has 0 saturated carbocycles. The van der Waals surface area contributed by atoms with Crippen molar-refractivity contribution in [3.05, 3.63) is 75.2 Å². The molecule has 1 atom stereocenters. The van der Waals surface area contributed by atoms with Gasteiger partial charge in [0.2, 0.25) is 5.91 Å². The van der Waals surface area contributed by atoms with Crippen LogP contribution in [-0.4, -0.2) is 22.0 Å². The van der Waals surface area contributed by atoms with Crippen LogP contribution in [0.1, 0.15) is 17.3 Å². The molecule has 3 aromatic rings. The fourth-order valence-electron chi connectivity index (χ4n) is 2.51. The highest BCUT2D eigenvalue weighted by atomic mass is 35.5. The number of hydrogen-bond acceptors (Lipinski definition) is 4. The van der Waals surface area contributed by atoms with Gasteiger partial charge in [-0.3, -0.25) is 4.79 Å². The van der Waals surface area contributed by atoms with E-state index >= 15 is 0 Å². The molecule has 0 aliphatic carbocycles. The van der Waals surface area contributed by atoms with Crippen molar-refractivity contribution in [2.45, 2.75) is 12.5 Å². The summed E-state index contributed by atoms with van der Waals surface area (Å²) in [6.07, 6.45) is -0.0464. The molecule has 1 aromatic heterocycles. The molecule has 2 aromatic carbocycles. The second kappa shape index (κ2) is 8.52. The van der Waals surface area contributed by atoms with Gasteiger partial charge in [-0.15, -0.1) is 11.3 Å². The number of carboxylic acids is 1. The Labute approximate surface area is 169 Å². The van der Waals surface area contributed by atoms with Gasteiger partial charge in [-0.1, -0.05) is 59.6 Å². The van der Waals surface area contributed by atoms with Crippen molar-refractivity contribution in [2.24, 2.45) is 0 Å². The zero-order chi connectivity index (χ0) is 19.4. The Morgan fingerprint density at radius 2 is 1.74 bits per heavy atom. The quantitative estimate of drug-likeness (QED) is 0.610. The predicted molar refractivity (Wildman–Crippen MR) is 106 cm³/mol. The monoisotopic (exact) mass is 420 g/mol. The van der Waals surface area contributed by atoms with Crippen LogP contribution >= 0.6 is 34.5 Å². The second-order valence-electron chi connectivity index (χ2n) is 5.67. The molecule has 0 fully saturated rings. The van der Waals surface area contributed by atoms with Crippen LogP contribution in [0.2, 0.25) is 10.0 Å². The smallest absolute Gasteiger partial charge is 0.330 e. The number of nitrogens with one attached hydrogen (secondary N) is 1. The number of aromatic nitrogens is 1. The van der Waals surface area contributed by atoms with Gasteiger partial charge in [0.05, 0.1) is 22.2 Å². The Balaban J connectivity index is 1.73. The lowest BCUT2D eigenvalue weighted by atomic mass is 10.1. The standard InChI is InChI=1S/C19H14Cl2N2O3S/c20-13-7-4-8-14(21)16(13)18-22-12(10-27-18)9-15(24)23-17(19(25)26)11-5-2-1-3-6-11/h1-8,10,17H,9H2,(H,23,24)(H,25,26)/t17-/m1/s1. The number of benzene rings is 2. The maximum Gasteiger partial charge on any atom is 0.330 e. The van der Waals surface area contributed by atoms with Gasteiger partial charge < -0.3 is 10.4 Å². The van der Waals surface area contributed by atoms with Gasteiger partial charge in [-0.25, -0.2) is 9.78 Å². The van der Waals surface area contributed by atoms with Gasteiger partial charge >= 0.3 is 5.97 Å². The highest BCUT2D eigenvalue weighted by Crippen LogP contribution is 2.36. The van der Waals surface area contributed by atoms with E-state index < -0.39 is 17.9 Å². The zero-order valence-corrected chi connectivity index (χ0v) is 16.2. The number of nitrogens with zero attached hydrogens (tertiary/aromatic N) is 1. The number of carboxylic acid groups (broad SMARTS) is 1. The number of halogens is 2. The minimum atomic E-state index is -1.13. The lowest BCUT2D eigenvalue weighted by Gasteiger charge is -2.14. The van der Waals surface area contributed by atoms with E-state index in [1.54, 1.807) is 53.9 Å². The Morgan fingerprint density at radius 1 is 1.07 bits per heavy atom. The van der Waals surface area contributed by atoms with Crippen molar-refractivity contribution in [2.75, 3.05) is 0 Å². The average Bonchev–Trinajstić information content (AvgIpc) is 3.08. The van der Waals surface area contributed by atoms with E-state index in [1.807, 2.05) is 0 Å². The van der Waals surface area contributed by atoms with Crippen LogP contribution in [0.5, 0.6) is 0 Å². The summed E-state index contributed by atoms with van der Waals surface area (Å²) in [5.74, 6) is -1.57. The Bertz CT molecular complexity index is 956. The molecule has 8 heteroatoms. The van der Waals surface area contributed by atoms with Gasteiger partial charge in [-0.05, 0) is 17.7 Å². The highest BCUT2D eigenvalue weighted by molar-refractivity contribution is 7.13. The Hall–Kier alpha value is -2.41. The minimum Gasteiger partial charge on any atom is -0.479 e. The van der Waals surface area contributed by atoms with E-state index in [4.69, 9.17) is 23.2 Å². The molecule has 2 N–H and O–H groups in total. The number of aliphatic carboxylic acids is 1. The molecule has 0 aliphatic heterocycles. The minimum absolute atomic E-state index is 0.0464. The molecule has 0 unspecified atom stereocenters. The molecule has 0 saturated heterocycles. The lowest BCUT2D eigenvalue weighted by Crippen LogP contribution is -2.34. The van der Waals surface area contributed by atoms with E-state index in [0.29, 0.717) is 31.9 Å². The topological polar surface area (TPSA) is 79.3 Å². The van der Waals surface area contributed by atoms with E-state index in [-0.39, 0.29) is 6.42 Å². The molecule has 27 heavy (non-hydrogen) atoms. The Kier molecular flexibility index (Phi) is 6.11. The maximum absolute atomic E-state index is 12.3. The third-order valence-corrected chi connectivity index (χ3v) is 5.29. The average molecular weight is 421 g/mol. The summed E-state index contributed by atoms with van der Waals surface area (Å²) in [7, 11) is 0. The normalized spacial score (nSPS) is 11.8. The molecule has 0 spiro atoms. The molecule has 1 amide bonds. The molecule has 1 heterocycles. The molecule has 0 radical (unpaired) electrons. The van der Waals surface area contributed by atoms with Crippen molar-refractivity contribution in [1.29, 1.82) is 0 Å². The van der Waals surface area contributed by atoms with Crippen LogP contribution in [-0.2, 0) is 16.0 Å². The van der Waals surface area contributed by atoms with Gasteiger partial charge in [0.15, 0.2) is 6.04 Å². The fraction of sp³-hybridized carbons (Fsp3) is 0.105. The van der Waals surface area contributed by atoms with Crippen LogP contribution in [0, 0.1) is 0 Å². The number of rotatable bonds is 6. The zero-order valence-electron chi connectivity index (χ0n) is 13.9. The lowest BCUT2D eigenvalue weighted by molar-refractivity contribution is -0.142. The van der Waals surface area contributed by atoms with E-state index in [9.17, 15) is 14.7 Å². The Morgan fingerprint density at radius 3 is 2.37 bits per heavy atom. The number of thiazole rings is 1. The van der Waals surface area contributed by atoms with Gasteiger partial charge in [0.25, 0.3) is 0 Å². The molecular formula is C19H14Cl2N2O3S. The van der Waals surface area contributed by atoms with Crippen molar-refractivity contribution < 1.29 is 14.7 Å². The molecule has 0 bridgehead atoms. The van der Waals surface area contributed by atoms with E-state index in [0.717, 1.165) is 0 Å². The molecular weight excluding hydrogens is 407 g/mol. The van der Waals surface area contributed by atoms with E-state index in [2.05, 4.69) is 10.3 Å². The first kappa shape index (κ1) is 19.4. The van der Waals surface area contributed by atoms with Gasteiger partial charge in [0.1, 0.15) is 5.01 Å². The van der Waals surface area contributed by atoms with Crippen LogP contribution in [0.25, 0.3) is 10.6 Å². The molecule has 0 aliphatic rings. The molecule has 5 nitrogen and oxygen atoms in total. The maximum atomic E-state index is 12.3. The summed E-state index contributed by atoms with van der Waals surface area (Å²) in [4.78, 5) is 28.2. The van der Waals surface area contributed by atoms with Crippen LogP contribution in [0.3, 0.4) is 0 Å². The largest absolute Gasteiger partial charge is 0.479 e. The predicted octanol–water partition coefficient (Wildman–Crippen LogP) is 4.60. The van der Waals surface area contributed by atoms with Gasteiger partial charge in [0, 0.05) is 10.9 Å². The van der Waals surface area contributed by atoms with Crippen molar-refractivity contribution >= 4 is 46.4 Å². The molecule has 138 valence electrons. The van der Waals surface area contributed by atoms with Crippen LogP contribution < -0.4 is 5.32 Å². The number of amides is 1. The third-order valence-electron chi connectivity index (χ3n) is 3.76. The van der Waals surface area contributed by atoms with E-state index in [1.165, 1.54) is 11.3 Å². The highest BCUT2D eigenvalue weighted by Gasteiger charge is 2.22. The summed E-state index contributed by atoms with van der Waals surface area (Å²) in [5.41, 5.74) is 1.63. The van der Waals surface area contributed by atoms with Crippen molar-refractivity contribution in [3.8, 4) is 10.6 Å². The number of carbonyl (C=O) groups excluding carboxylic acids is 1. The first-order valence-corrected chi connectivity index (χ1v) is 9.55. The number of hydrogen-bond donors (Lipinski definition) is 2. The van der Waals surface area contributed by atoms with Crippen molar-refractivity contribution in [3.63, 3.8) is 0 Å². The summed E-state index contributed by atoms with van der Waals surface area (Å²) in [6.45, 7) is 0. The summed E-state index contributed by atoms with van der Waals surface area (Å²) >= 11 is 13.7. The van der Waals surface area contributed by atoms with Crippen LogP contribution in [0.15, 0.2) is 53.9 Å². The molecule has 3 rings (SSSR count). The van der Waals surface area contributed by atoms with Gasteiger partial charge in [-0.2, -0.15) is 0 Å². The van der Waals surface area contributed by atoms with Crippen LogP contribution in [0.4, 0.5) is 0 Å². The number of carbonyl (C=O) groups is 2. The fourth-order valence-corrected chi connectivity index (χ4v) is 4.09. The summed E-state index contributed by atoms with van der Waals surface area (Å²) in [5, 5.41) is 15.2. The second-order valence-corrected chi connectivity index (χ2v) is 7.34. The summed E-state index contributed by atoms with van der Waals surface area (Å²) in [6, 6.07) is 12.6.